The quantitative estimate of drug-likeness (QED) is 0.178. The zero-order valence-electron chi connectivity index (χ0n) is 30.2. The second kappa shape index (κ2) is 11.9. The molecule has 0 aliphatic heterocycles. The van der Waals surface area contributed by atoms with Crippen LogP contribution in [0.4, 0.5) is 0 Å². The number of rotatable bonds is 5. The Hall–Kier alpha value is -7.18. The Morgan fingerprint density at radius 1 is 0.455 bits per heavy atom. The number of nitrogens with zero attached hydrogens (tertiary/aromatic N) is 5. The normalized spacial score (nSPS) is 13.1. The average molecular weight is 708 g/mol. The monoisotopic (exact) mass is 707 g/mol. The summed E-state index contributed by atoms with van der Waals surface area (Å²) >= 11 is 0. The summed E-state index contributed by atoms with van der Waals surface area (Å²) in [5.74, 6) is 2.17. The third-order valence-electron chi connectivity index (χ3n) is 11.1. The van der Waals surface area contributed by atoms with Crippen LogP contribution >= 0.6 is 0 Å². The van der Waals surface area contributed by atoms with E-state index in [0.717, 1.165) is 49.6 Å². The largest absolute Gasteiger partial charge is 0.435 e. The van der Waals surface area contributed by atoms with Crippen LogP contribution in [0.25, 0.3) is 95.3 Å². The van der Waals surface area contributed by atoms with E-state index >= 15 is 0 Å². The summed E-state index contributed by atoms with van der Waals surface area (Å²) < 4.78 is 8.68. The Morgan fingerprint density at radius 2 is 1.13 bits per heavy atom. The van der Waals surface area contributed by atoms with Crippen molar-refractivity contribution >= 4 is 32.9 Å². The van der Waals surface area contributed by atoms with Crippen LogP contribution in [0.2, 0.25) is 0 Å². The molecule has 3 heterocycles. The van der Waals surface area contributed by atoms with Crippen LogP contribution in [0.15, 0.2) is 168 Å². The van der Waals surface area contributed by atoms with Crippen molar-refractivity contribution in [2.75, 3.05) is 0 Å². The first kappa shape index (κ1) is 31.4. The molecule has 260 valence electrons. The lowest BCUT2D eigenvalue weighted by atomic mass is 9.82. The highest BCUT2D eigenvalue weighted by molar-refractivity contribution is 6.10. The van der Waals surface area contributed by atoms with Gasteiger partial charge in [-0.3, -0.25) is 4.57 Å². The molecular formula is C49H33N5O. The molecule has 10 aromatic rings. The number of aromatic nitrogens is 5. The van der Waals surface area contributed by atoms with Crippen LogP contribution in [0.5, 0.6) is 0 Å². The van der Waals surface area contributed by atoms with Crippen molar-refractivity contribution < 1.29 is 4.42 Å². The number of benzene rings is 7. The van der Waals surface area contributed by atoms with E-state index in [0.29, 0.717) is 29.1 Å². The van der Waals surface area contributed by atoms with Gasteiger partial charge >= 0.3 is 0 Å². The van der Waals surface area contributed by atoms with Gasteiger partial charge in [0.05, 0.1) is 16.6 Å². The van der Waals surface area contributed by atoms with Gasteiger partial charge in [0.15, 0.2) is 17.2 Å². The number of oxazole rings is 1. The third-order valence-corrected chi connectivity index (χ3v) is 11.1. The van der Waals surface area contributed by atoms with E-state index in [4.69, 9.17) is 24.4 Å². The van der Waals surface area contributed by atoms with Crippen LogP contribution in [-0.2, 0) is 5.41 Å². The molecule has 1 aliphatic rings. The predicted octanol–water partition coefficient (Wildman–Crippen LogP) is 12.1. The maximum atomic E-state index is 6.52. The first-order chi connectivity index (χ1) is 27.0. The van der Waals surface area contributed by atoms with Gasteiger partial charge in [0.2, 0.25) is 11.8 Å². The second-order valence-electron chi connectivity index (χ2n) is 14.7. The summed E-state index contributed by atoms with van der Waals surface area (Å²) in [6.45, 7) is 4.59. The highest BCUT2D eigenvalue weighted by Crippen LogP contribution is 2.49. The van der Waals surface area contributed by atoms with Crippen LogP contribution in [0.1, 0.15) is 25.0 Å². The van der Waals surface area contributed by atoms with Gasteiger partial charge in [-0.25, -0.2) is 9.97 Å². The van der Waals surface area contributed by atoms with E-state index in [1.807, 2.05) is 54.6 Å². The summed E-state index contributed by atoms with van der Waals surface area (Å²) in [5, 5.41) is 2.25. The minimum absolute atomic E-state index is 0.177. The third kappa shape index (κ3) is 4.88. The minimum Gasteiger partial charge on any atom is -0.435 e. The molecule has 0 radical (unpaired) electrons. The summed E-state index contributed by atoms with van der Waals surface area (Å²) in [5.41, 5.74) is 13.2. The first-order valence-corrected chi connectivity index (χ1v) is 18.6. The maximum absolute atomic E-state index is 6.52. The molecule has 1 aliphatic carbocycles. The number of hydrogen-bond acceptors (Lipinski definition) is 5. The van der Waals surface area contributed by atoms with Gasteiger partial charge in [-0.15, -0.1) is 0 Å². The second-order valence-corrected chi connectivity index (χ2v) is 14.7. The molecule has 0 N–H and O–H groups in total. The van der Waals surface area contributed by atoms with Gasteiger partial charge in [0, 0.05) is 27.3 Å². The van der Waals surface area contributed by atoms with Gasteiger partial charge < -0.3 is 4.42 Å². The molecule has 11 rings (SSSR count). The fourth-order valence-electron chi connectivity index (χ4n) is 8.39. The van der Waals surface area contributed by atoms with Crippen LogP contribution in [-0.4, -0.2) is 24.5 Å². The summed E-state index contributed by atoms with van der Waals surface area (Å²) in [6.07, 6.45) is 0. The van der Waals surface area contributed by atoms with Crippen molar-refractivity contribution in [2.24, 2.45) is 0 Å². The molecule has 0 spiro atoms. The number of hydrogen-bond donors (Lipinski definition) is 0. The molecule has 0 unspecified atom stereocenters. The maximum Gasteiger partial charge on any atom is 0.238 e. The lowest BCUT2D eigenvalue weighted by Gasteiger charge is -2.21. The van der Waals surface area contributed by atoms with E-state index in [9.17, 15) is 0 Å². The smallest absolute Gasteiger partial charge is 0.238 e. The Balaban J connectivity index is 1.16. The van der Waals surface area contributed by atoms with E-state index in [-0.39, 0.29) is 5.41 Å². The highest BCUT2D eigenvalue weighted by Gasteiger charge is 2.35. The molecule has 3 aromatic heterocycles. The topological polar surface area (TPSA) is 69.6 Å². The lowest BCUT2D eigenvalue weighted by Crippen LogP contribution is -2.15. The molecule has 7 aromatic carbocycles. The summed E-state index contributed by atoms with van der Waals surface area (Å²) in [7, 11) is 0. The Kier molecular flexibility index (Phi) is 6.79. The molecule has 55 heavy (non-hydrogen) atoms. The van der Waals surface area contributed by atoms with Crippen molar-refractivity contribution in [1.82, 2.24) is 24.5 Å². The lowest BCUT2D eigenvalue weighted by molar-refractivity contribution is 0.620. The van der Waals surface area contributed by atoms with E-state index < -0.39 is 0 Å². The number of fused-ring (bicyclic) bond motifs is 7. The van der Waals surface area contributed by atoms with Gasteiger partial charge in [0.1, 0.15) is 5.52 Å². The zero-order valence-corrected chi connectivity index (χ0v) is 30.2. The van der Waals surface area contributed by atoms with Gasteiger partial charge in [0.25, 0.3) is 0 Å². The predicted molar refractivity (Wildman–Crippen MR) is 221 cm³/mol. The zero-order chi connectivity index (χ0) is 36.7. The van der Waals surface area contributed by atoms with Gasteiger partial charge in [-0.2, -0.15) is 9.97 Å². The van der Waals surface area contributed by atoms with Crippen molar-refractivity contribution in [3.8, 4) is 62.4 Å². The van der Waals surface area contributed by atoms with Crippen molar-refractivity contribution in [2.45, 2.75) is 19.3 Å². The standard InChI is InChI=1S/C49H33N5O/c1-49(2)39-21-11-9-18-34(39)35-26-24-33(29-40(35)49)45-51-46(37-20-13-22-41-44(37)55-47(50-41)31-16-7-4-8-17-31)53-48(52-45)54-42-23-12-10-19-36(42)38-28-32(25-27-43(38)54)30-14-5-3-6-15-30/h3-29H,1-2H3. The van der Waals surface area contributed by atoms with E-state index in [1.165, 1.54) is 27.8 Å². The Morgan fingerprint density at radius 3 is 1.98 bits per heavy atom. The molecule has 0 saturated heterocycles. The minimum atomic E-state index is -0.177. The Bertz CT molecular complexity index is 3120. The van der Waals surface area contributed by atoms with E-state index in [2.05, 4.69) is 128 Å². The van der Waals surface area contributed by atoms with Crippen LogP contribution < -0.4 is 0 Å². The number of para-hydroxylation sites is 2. The average Bonchev–Trinajstić information content (AvgIpc) is 3.90. The molecule has 0 atom stereocenters. The molecule has 0 amide bonds. The molecule has 0 saturated carbocycles. The van der Waals surface area contributed by atoms with Crippen molar-refractivity contribution in [3.05, 3.63) is 175 Å². The molecule has 6 heteroatoms. The van der Waals surface area contributed by atoms with E-state index in [1.54, 1.807) is 0 Å². The Labute approximate surface area is 317 Å². The van der Waals surface area contributed by atoms with Crippen molar-refractivity contribution in [3.63, 3.8) is 0 Å². The SMILES string of the molecule is CC1(C)c2ccccc2-c2ccc(-c3nc(-c4cccc5nc(-c6ccccc6)oc45)nc(-n4c5ccccc5c5cc(-c6ccccc6)ccc54)n3)cc21. The van der Waals surface area contributed by atoms with Crippen LogP contribution in [0.3, 0.4) is 0 Å². The van der Waals surface area contributed by atoms with Crippen LogP contribution in [0, 0.1) is 0 Å². The van der Waals surface area contributed by atoms with Gasteiger partial charge in [-0.1, -0.05) is 129 Å². The summed E-state index contributed by atoms with van der Waals surface area (Å²) in [4.78, 5) is 20.7. The molecule has 0 fully saturated rings. The highest BCUT2D eigenvalue weighted by atomic mass is 16.3. The molecule has 0 bridgehead atoms. The fourth-order valence-corrected chi connectivity index (χ4v) is 8.39. The first-order valence-electron chi connectivity index (χ1n) is 18.6. The molecular weight excluding hydrogens is 675 g/mol. The van der Waals surface area contributed by atoms with Crippen molar-refractivity contribution in [1.29, 1.82) is 0 Å². The molecule has 6 nitrogen and oxygen atoms in total. The summed E-state index contributed by atoms with van der Waals surface area (Å²) in [6, 6.07) is 56.8. The van der Waals surface area contributed by atoms with Gasteiger partial charge in [-0.05, 0) is 81.9 Å². The fraction of sp³-hybridized carbons (Fsp3) is 0.0612.